The minimum atomic E-state index is -0.278. The van der Waals surface area contributed by atoms with Crippen LogP contribution in [0.2, 0.25) is 10.0 Å². The number of benzene rings is 1. The van der Waals surface area contributed by atoms with Crippen LogP contribution >= 0.6 is 23.2 Å². The van der Waals surface area contributed by atoms with Gasteiger partial charge in [0, 0.05) is 6.07 Å². The molecule has 0 saturated carbocycles. The molecular weight excluding hydrogens is 303 g/mol. The van der Waals surface area contributed by atoms with Crippen LogP contribution in [-0.4, -0.2) is 27.7 Å². The molecule has 1 aromatic carbocycles. The summed E-state index contributed by atoms with van der Waals surface area (Å²) in [6, 6.07) is 4.52. The molecule has 1 amide bonds. The van der Waals surface area contributed by atoms with Crippen molar-refractivity contribution < 1.29 is 9.53 Å². The normalized spacial score (nSPS) is 11.9. The number of carbonyl (C=O) groups is 1. The van der Waals surface area contributed by atoms with Gasteiger partial charge in [0.1, 0.15) is 17.9 Å². The van der Waals surface area contributed by atoms with Crippen LogP contribution in [0.25, 0.3) is 0 Å². The molecule has 20 heavy (non-hydrogen) atoms. The smallest absolute Gasteiger partial charge is 0.258 e. The van der Waals surface area contributed by atoms with Crippen LogP contribution in [0.1, 0.15) is 18.8 Å². The van der Waals surface area contributed by atoms with E-state index in [1.165, 1.54) is 6.33 Å². The molecule has 0 bridgehead atoms. The topological polar surface area (TPSA) is 79.9 Å². The van der Waals surface area contributed by atoms with Gasteiger partial charge in [0.25, 0.3) is 5.91 Å². The van der Waals surface area contributed by atoms with Crippen molar-refractivity contribution in [3.05, 3.63) is 40.4 Å². The van der Waals surface area contributed by atoms with Crippen LogP contribution in [0.15, 0.2) is 24.5 Å². The number of hydrogen-bond donors (Lipinski definition) is 2. The van der Waals surface area contributed by atoms with Crippen molar-refractivity contribution in [2.24, 2.45) is 0 Å². The standard InChI is InChI=1S/C12H12Cl2N4O2/c1-7(12-15-6-16-18-12)17-11(19)5-20-8-2-3-9(13)10(14)4-8/h2-4,6-7H,5H2,1H3,(H,17,19)(H,15,16,18). The second kappa shape index (κ2) is 6.58. The molecule has 2 N–H and O–H groups in total. The molecule has 106 valence electrons. The number of nitrogens with zero attached hydrogens (tertiary/aromatic N) is 2. The first-order valence-electron chi connectivity index (χ1n) is 5.78. The zero-order chi connectivity index (χ0) is 14.5. The largest absolute Gasteiger partial charge is 0.484 e. The Hall–Kier alpha value is -1.79. The predicted octanol–water partition coefficient (Wildman–Crippen LogP) is 2.37. The number of hydrogen-bond acceptors (Lipinski definition) is 4. The zero-order valence-electron chi connectivity index (χ0n) is 10.6. The lowest BCUT2D eigenvalue weighted by molar-refractivity contribution is -0.123. The molecule has 1 heterocycles. The summed E-state index contributed by atoms with van der Waals surface area (Å²) in [4.78, 5) is 15.7. The SMILES string of the molecule is CC(NC(=O)COc1ccc(Cl)c(Cl)c1)c1ncn[nH]1. The number of amides is 1. The summed E-state index contributed by atoms with van der Waals surface area (Å²) in [5, 5.41) is 9.93. The number of nitrogens with one attached hydrogen (secondary N) is 2. The van der Waals surface area contributed by atoms with E-state index in [9.17, 15) is 4.79 Å². The van der Waals surface area contributed by atoms with Crippen LogP contribution in [0, 0.1) is 0 Å². The summed E-state index contributed by atoms with van der Waals surface area (Å²) in [6.45, 7) is 1.66. The van der Waals surface area contributed by atoms with E-state index in [-0.39, 0.29) is 18.6 Å². The molecule has 0 spiro atoms. The first-order chi connectivity index (χ1) is 9.56. The van der Waals surface area contributed by atoms with Crippen LogP contribution in [0.3, 0.4) is 0 Å². The molecule has 0 aliphatic rings. The fourth-order valence-corrected chi connectivity index (χ4v) is 1.78. The van der Waals surface area contributed by atoms with Crippen molar-refractivity contribution in [3.8, 4) is 5.75 Å². The highest BCUT2D eigenvalue weighted by molar-refractivity contribution is 6.42. The predicted molar refractivity (Wildman–Crippen MR) is 74.9 cm³/mol. The van der Waals surface area contributed by atoms with Gasteiger partial charge in [-0.25, -0.2) is 4.98 Å². The summed E-state index contributed by atoms with van der Waals surface area (Å²) < 4.78 is 5.32. The summed E-state index contributed by atoms with van der Waals surface area (Å²) in [6.07, 6.45) is 1.38. The lowest BCUT2D eigenvalue weighted by Crippen LogP contribution is -2.31. The van der Waals surface area contributed by atoms with E-state index in [0.717, 1.165) is 0 Å². The minimum absolute atomic E-state index is 0.129. The van der Waals surface area contributed by atoms with Gasteiger partial charge in [-0.05, 0) is 19.1 Å². The number of halogens is 2. The van der Waals surface area contributed by atoms with Gasteiger partial charge >= 0.3 is 0 Å². The van der Waals surface area contributed by atoms with E-state index in [0.29, 0.717) is 21.6 Å². The molecule has 6 nitrogen and oxygen atoms in total. The van der Waals surface area contributed by atoms with E-state index in [2.05, 4.69) is 20.5 Å². The first-order valence-corrected chi connectivity index (χ1v) is 6.54. The monoisotopic (exact) mass is 314 g/mol. The van der Waals surface area contributed by atoms with Crippen molar-refractivity contribution in [1.82, 2.24) is 20.5 Å². The molecule has 2 rings (SSSR count). The maximum atomic E-state index is 11.7. The highest BCUT2D eigenvalue weighted by atomic mass is 35.5. The molecule has 0 fully saturated rings. The molecule has 1 aromatic heterocycles. The van der Waals surface area contributed by atoms with Gasteiger partial charge in [0.2, 0.25) is 0 Å². The van der Waals surface area contributed by atoms with Gasteiger partial charge in [-0.3, -0.25) is 9.89 Å². The van der Waals surface area contributed by atoms with E-state index in [1.54, 1.807) is 25.1 Å². The van der Waals surface area contributed by atoms with Crippen molar-refractivity contribution in [2.45, 2.75) is 13.0 Å². The zero-order valence-corrected chi connectivity index (χ0v) is 12.1. The molecule has 1 unspecified atom stereocenters. The van der Waals surface area contributed by atoms with Gasteiger partial charge in [-0.15, -0.1) is 0 Å². The average Bonchev–Trinajstić information content (AvgIpc) is 2.94. The highest BCUT2D eigenvalue weighted by Crippen LogP contribution is 2.26. The number of aromatic amines is 1. The van der Waals surface area contributed by atoms with Gasteiger partial charge < -0.3 is 10.1 Å². The second-order valence-corrected chi connectivity index (χ2v) is 4.84. The molecule has 0 aliphatic carbocycles. The third kappa shape index (κ3) is 3.85. The summed E-state index contributed by atoms with van der Waals surface area (Å²) in [5.41, 5.74) is 0. The number of H-pyrrole nitrogens is 1. The number of aromatic nitrogens is 3. The van der Waals surface area contributed by atoms with Crippen molar-refractivity contribution in [2.75, 3.05) is 6.61 Å². The fraction of sp³-hybridized carbons (Fsp3) is 0.250. The van der Waals surface area contributed by atoms with E-state index < -0.39 is 0 Å². The number of carbonyl (C=O) groups excluding carboxylic acids is 1. The number of rotatable bonds is 5. The Bertz CT molecular complexity index is 589. The Morgan fingerprint density at radius 1 is 1.45 bits per heavy atom. The number of ether oxygens (including phenoxy) is 1. The molecule has 0 saturated heterocycles. The third-order valence-electron chi connectivity index (χ3n) is 2.48. The van der Waals surface area contributed by atoms with Crippen LogP contribution in [0.4, 0.5) is 0 Å². The Balaban J connectivity index is 1.84. The van der Waals surface area contributed by atoms with E-state index in [4.69, 9.17) is 27.9 Å². The fourth-order valence-electron chi connectivity index (χ4n) is 1.49. The average molecular weight is 315 g/mol. The van der Waals surface area contributed by atoms with Gasteiger partial charge in [-0.2, -0.15) is 5.10 Å². The second-order valence-electron chi connectivity index (χ2n) is 4.02. The molecule has 0 radical (unpaired) electrons. The van der Waals surface area contributed by atoms with Crippen LogP contribution in [0.5, 0.6) is 5.75 Å². The molecule has 2 aromatic rings. The Morgan fingerprint density at radius 3 is 2.90 bits per heavy atom. The summed E-state index contributed by atoms with van der Waals surface area (Å²) >= 11 is 11.6. The quantitative estimate of drug-likeness (QED) is 0.888. The molecular formula is C12H12Cl2N4O2. The van der Waals surface area contributed by atoms with E-state index >= 15 is 0 Å². The van der Waals surface area contributed by atoms with Crippen molar-refractivity contribution in [3.63, 3.8) is 0 Å². The maximum absolute atomic E-state index is 11.7. The Morgan fingerprint density at radius 2 is 2.25 bits per heavy atom. The summed E-state index contributed by atoms with van der Waals surface area (Å²) in [5.74, 6) is 0.773. The van der Waals surface area contributed by atoms with Crippen molar-refractivity contribution >= 4 is 29.1 Å². The lowest BCUT2D eigenvalue weighted by atomic mass is 10.3. The maximum Gasteiger partial charge on any atom is 0.258 e. The summed E-state index contributed by atoms with van der Waals surface area (Å²) in [7, 11) is 0. The molecule has 8 heteroatoms. The molecule has 1 atom stereocenters. The minimum Gasteiger partial charge on any atom is -0.484 e. The van der Waals surface area contributed by atoms with E-state index in [1.807, 2.05) is 0 Å². The van der Waals surface area contributed by atoms with Gasteiger partial charge in [0.05, 0.1) is 16.1 Å². The highest BCUT2D eigenvalue weighted by Gasteiger charge is 2.12. The first kappa shape index (κ1) is 14.6. The third-order valence-corrected chi connectivity index (χ3v) is 3.22. The Kier molecular flexibility index (Phi) is 4.81. The van der Waals surface area contributed by atoms with Crippen LogP contribution < -0.4 is 10.1 Å². The van der Waals surface area contributed by atoms with Gasteiger partial charge in [0.15, 0.2) is 6.61 Å². The van der Waals surface area contributed by atoms with Gasteiger partial charge in [-0.1, -0.05) is 23.2 Å². The lowest BCUT2D eigenvalue weighted by Gasteiger charge is -2.12. The van der Waals surface area contributed by atoms with Crippen LogP contribution in [-0.2, 0) is 4.79 Å². The molecule has 0 aliphatic heterocycles. The Labute approximate surface area is 125 Å². The van der Waals surface area contributed by atoms with Crippen molar-refractivity contribution in [1.29, 1.82) is 0 Å².